The maximum Gasteiger partial charge on any atom is 0.325 e. The second-order valence-electron chi connectivity index (χ2n) is 3.28. The van der Waals surface area contributed by atoms with E-state index in [9.17, 15) is 9.59 Å². The zero-order valence-corrected chi connectivity index (χ0v) is 9.04. The molecule has 0 saturated heterocycles. The molecule has 1 aromatic rings. The predicted octanol–water partition coefficient (Wildman–Crippen LogP) is 0.0226. The maximum atomic E-state index is 11.3. The van der Waals surface area contributed by atoms with Gasteiger partial charge in [0.1, 0.15) is 6.04 Å². The lowest BCUT2D eigenvalue weighted by Gasteiger charge is -2.05. The van der Waals surface area contributed by atoms with Crippen molar-refractivity contribution < 1.29 is 14.7 Å². The fourth-order valence-electron chi connectivity index (χ4n) is 1.03. The Hall–Kier alpha value is -2.11. The number of nitrogens with one attached hydrogen (secondary N) is 1. The maximum absolute atomic E-state index is 11.3. The minimum absolute atomic E-state index is 0.448. The van der Waals surface area contributed by atoms with E-state index in [2.05, 4.69) is 10.4 Å². The molecule has 1 atom stereocenters. The molecule has 0 aromatic carbocycles. The van der Waals surface area contributed by atoms with Crippen molar-refractivity contribution in [1.82, 2.24) is 15.1 Å². The fraction of sp³-hybridized carbons (Fsp3) is 0.300. The fourth-order valence-corrected chi connectivity index (χ4v) is 1.03. The number of carbonyl (C=O) groups excluding carboxylic acids is 1. The number of aromatic nitrogens is 2. The first-order valence-electron chi connectivity index (χ1n) is 4.70. The molecule has 2 N–H and O–H groups in total. The summed E-state index contributed by atoms with van der Waals surface area (Å²) in [5, 5.41) is 14.8. The number of carboxylic acids is 1. The summed E-state index contributed by atoms with van der Waals surface area (Å²) in [5.74, 6) is -1.52. The molecule has 6 nitrogen and oxygen atoms in total. The van der Waals surface area contributed by atoms with E-state index >= 15 is 0 Å². The van der Waals surface area contributed by atoms with Gasteiger partial charge < -0.3 is 10.4 Å². The summed E-state index contributed by atoms with van der Waals surface area (Å²) in [4.78, 5) is 21.7. The number of rotatable bonds is 4. The number of aryl methyl sites for hydroxylation is 1. The van der Waals surface area contributed by atoms with Gasteiger partial charge in [-0.1, -0.05) is 0 Å². The van der Waals surface area contributed by atoms with Crippen LogP contribution in [0, 0.1) is 0 Å². The average molecular weight is 223 g/mol. The monoisotopic (exact) mass is 223 g/mol. The highest BCUT2D eigenvalue weighted by Gasteiger charge is 2.11. The summed E-state index contributed by atoms with van der Waals surface area (Å²) in [7, 11) is 1.75. The van der Waals surface area contributed by atoms with Gasteiger partial charge in [0, 0.05) is 19.3 Å². The zero-order chi connectivity index (χ0) is 12.1. The molecule has 0 spiro atoms. The molecule has 0 saturated carbocycles. The van der Waals surface area contributed by atoms with Crippen LogP contribution in [0.2, 0.25) is 0 Å². The smallest absolute Gasteiger partial charge is 0.325 e. The second kappa shape index (κ2) is 5.11. The number of amides is 1. The zero-order valence-electron chi connectivity index (χ0n) is 9.04. The van der Waals surface area contributed by atoms with Crippen LogP contribution < -0.4 is 5.32 Å². The first-order chi connectivity index (χ1) is 7.50. The first kappa shape index (κ1) is 12.0. The van der Waals surface area contributed by atoms with Crippen molar-refractivity contribution in [2.24, 2.45) is 7.05 Å². The standard InChI is InChI=1S/C10H13N3O3/c1-7(10(15)16)12-9(14)4-3-8-5-6-11-13(8)2/h3-7H,1-2H3,(H,12,14)(H,15,16)/b4-3+/t7-/m0/s1. The van der Waals surface area contributed by atoms with Crippen LogP contribution in [0.3, 0.4) is 0 Å². The van der Waals surface area contributed by atoms with Gasteiger partial charge in [0.2, 0.25) is 5.91 Å². The summed E-state index contributed by atoms with van der Waals surface area (Å²) >= 11 is 0. The Bertz CT molecular complexity index is 423. The average Bonchev–Trinajstić information content (AvgIpc) is 2.61. The van der Waals surface area contributed by atoms with E-state index < -0.39 is 17.9 Å². The lowest BCUT2D eigenvalue weighted by molar-refractivity contribution is -0.140. The third-order valence-electron chi connectivity index (χ3n) is 1.99. The molecule has 0 bridgehead atoms. The first-order valence-corrected chi connectivity index (χ1v) is 4.70. The Morgan fingerprint density at radius 2 is 2.31 bits per heavy atom. The quantitative estimate of drug-likeness (QED) is 0.705. The molecule has 0 radical (unpaired) electrons. The van der Waals surface area contributed by atoms with Gasteiger partial charge in [0.25, 0.3) is 0 Å². The molecular formula is C10H13N3O3. The lowest BCUT2D eigenvalue weighted by atomic mass is 10.3. The Balaban J connectivity index is 2.55. The van der Waals surface area contributed by atoms with E-state index in [1.54, 1.807) is 30.1 Å². The van der Waals surface area contributed by atoms with Crippen LogP contribution >= 0.6 is 0 Å². The topological polar surface area (TPSA) is 84.2 Å². The molecule has 1 amide bonds. The van der Waals surface area contributed by atoms with E-state index in [0.717, 1.165) is 5.69 Å². The van der Waals surface area contributed by atoms with Crippen molar-refractivity contribution in [2.45, 2.75) is 13.0 Å². The van der Waals surface area contributed by atoms with Gasteiger partial charge in [-0.25, -0.2) is 0 Å². The Labute approximate surface area is 92.6 Å². The second-order valence-corrected chi connectivity index (χ2v) is 3.28. The largest absolute Gasteiger partial charge is 0.480 e. The summed E-state index contributed by atoms with van der Waals surface area (Å²) in [6.07, 6.45) is 4.45. The van der Waals surface area contributed by atoms with Gasteiger partial charge >= 0.3 is 5.97 Å². The molecule has 1 heterocycles. The van der Waals surface area contributed by atoms with Crippen molar-refractivity contribution in [3.8, 4) is 0 Å². The summed E-state index contributed by atoms with van der Waals surface area (Å²) in [6.45, 7) is 1.40. The van der Waals surface area contributed by atoms with Gasteiger partial charge in [-0.15, -0.1) is 0 Å². The number of hydrogen-bond donors (Lipinski definition) is 2. The number of aliphatic carboxylic acids is 1. The number of nitrogens with zero attached hydrogens (tertiary/aromatic N) is 2. The SMILES string of the molecule is C[C@H](NC(=O)/C=C/c1ccnn1C)C(=O)O. The van der Waals surface area contributed by atoms with Crippen LogP contribution in [-0.4, -0.2) is 32.8 Å². The molecule has 0 aliphatic carbocycles. The molecule has 0 unspecified atom stereocenters. The van der Waals surface area contributed by atoms with Crippen LogP contribution in [0.4, 0.5) is 0 Å². The van der Waals surface area contributed by atoms with Crippen molar-refractivity contribution in [3.63, 3.8) is 0 Å². The summed E-state index contributed by atoms with van der Waals surface area (Å²) in [5.41, 5.74) is 0.762. The molecule has 1 rings (SSSR count). The molecule has 0 aliphatic heterocycles. The van der Waals surface area contributed by atoms with E-state index in [-0.39, 0.29) is 0 Å². The number of carbonyl (C=O) groups is 2. The van der Waals surface area contributed by atoms with Gasteiger partial charge in [0.05, 0.1) is 5.69 Å². The normalized spacial score (nSPS) is 12.6. The van der Waals surface area contributed by atoms with E-state index in [0.29, 0.717) is 0 Å². The summed E-state index contributed by atoms with van der Waals surface area (Å²) < 4.78 is 1.60. The third kappa shape index (κ3) is 3.23. The molecule has 0 aliphatic rings. The highest BCUT2D eigenvalue weighted by molar-refractivity contribution is 5.94. The van der Waals surface area contributed by atoms with Gasteiger partial charge in [-0.2, -0.15) is 5.10 Å². The number of carboxylic acid groups (broad SMARTS) is 1. The molecule has 6 heteroatoms. The van der Waals surface area contributed by atoms with E-state index in [1.807, 2.05) is 0 Å². The number of hydrogen-bond acceptors (Lipinski definition) is 3. The highest BCUT2D eigenvalue weighted by Crippen LogP contribution is 1.98. The van der Waals surface area contributed by atoms with Crippen LogP contribution in [0.25, 0.3) is 6.08 Å². The molecule has 86 valence electrons. The van der Waals surface area contributed by atoms with E-state index in [1.165, 1.54) is 13.0 Å². The molecule has 1 aromatic heterocycles. The molecular weight excluding hydrogens is 210 g/mol. The Morgan fingerprint density at radius 3 is 2.81 bits per heavy atom. The van der Waals surface area contributed by atoms with Crippen LogP contribution in [-0.2, 0) is 16.6 Å². The van der Waals surface area contributed by atoms with Gasteiger partial charge in [0.15, 0.2) is 0 Å². The minimum Gasteiger partial charge on any atom is -0.480 e. The van der Waals surface area contributed by atoms with Gasteiger partial charge in [-0.05, 0) is 19.1 Å². The van der Waals surface area contributed by atoms with Crippen LogP contribution in [0.1, 0.15) is 12.6 Å². The molecule has 16 heavy (non-hydrogen) atoms. The van der Waals surface area contributed by atoms with E-state index in [4.69, 9.17) is 5.11 Å². The highest BCUT2D eigenvalue weighted by atomic mass is 16.4. The van der Waals surface area contributed by atoms with Gasteiger partial charge in [-0.3, -0.25) is 14.3 Å². The van der Waals surface area contributed by atoms with Crippen molar-refractivity contribution >= 4 is 18.0 Å². The molecule has 0 fully saturated rings. The minimum atomic E-state index is -1.07. The summed E-state index contributed by atoms with van der Waals surface area (Å²) in [6, 6.07) is 0.841. The lowest BCUT2D eigenvalue weighted by Crippen LogP contribution is -2.37. The van der Waals surface area contributed by atoms with Crippen molar-refractivity contribution in [3.05, 3.63) is 24.0 Å². The third-order valence-corrected chi connectivity index (χ3v) is 1.99. The van der Waals surface area contributed by atoms with Crippen molar-refractivity contribution in [1.29, 1.82) is 0 Å². The van der Waals surface area contributed by atoms with Crippen LogP contribution in [0.15, 0.2) is 18.3 Å². The van der Waals surface area contributed by atoms with Crippen molar-refractivity contribution in [2.75, 3.05) is 0 Å². The van der Waals surface area contributed by atoms with Crippen LogP contribution in [0.5, 0.6) is 0 Å². The predicted molar refractivity (Wildman–Crippen MR) is 57.5 cm³/mol. The Morgan fingerprint density at radius 1 is 1.62 bits per heavy atom. The Kier molecular flexibility index (Phi) is 3.82.